The van der Waals surface area contributed by atoms with Gasteiger partial charge < -0.3 is 5.32 Å². The maximum atomic E-state index is 4.40. The number of thiophene rings is 2. The Morgan fingerprint density at radius 2 is 2.12 bits per heavy atom. The molecule has 3 aromatic heterocycles. The van der Waals surface area contributed by atoms with E-state index in [9.17, 15) is 0 Å². The van der Waals surface area contributed by atoms with Gasteiger partial charge in [0.2, 0.25) is 0 Å². The van der Waals surface area contributed by atoms with Crippen molar-refractivity contribution in [3.05, 3.63) is 46.1 Å². The van der Waals surface area contributed by atoms with E-state index in [1.54, 1.807) is 22.7 Å². The van der Waals surface area contributed by atoms with Crippen LogP contribution in [0.1, 0.15) is 4.88 Å². The molecule has 0 atom stereocenters. The molecule has 1 N–H and O–H groups in total. The lowest BCUT2D eigenvalue weighted by Crippen LogP contribution is -2.05. The first-order valence-electron chi connectivity index (χ1n) is 5.52. The van der Waals surface area contributed by atoms with Gasteiger partial charge in [0.25, 0.3) is 0 Å². The summed E-state index contributed by atoms with van der Waals surface area (Å²) in [6, 6.07) is 8.45. The number of nitrogens with one attached hydrogen (secondary N) is 1. The van der Waals surface area contributed by atoms with Crippen LogP contribution < -0.4 is 5.32 Å². The lowest BCUT2D eigenvalue weighted by atomic mass is 10.3. The third kappa shape index (κ3) is 2.33. The molecule has 2 nitrogen and oxygen atoms in total. The molecular weight excluding hydrogens is 248 g/mol. The molecule has 0 aliphatic heterocycles. The van der Waals surface area contributed by atoms with Crippen LogP contribution in [0.15, 0.2) is 41.2 Å². The summed E-state index contributed by atoms with van der Waals surface area (Å²) in [7, 11) is 0. The molecule has 0 unspecified atom stereocenters. The second kappa shape index (κ2) is 4.85. The third-order valence-corrected chi connectivity index (χ3v) is 4.44. The van der Waals surface area contributed by atoms with Crippen LogP contribution in [-0.4, -0.2) is 11.5 Å². The summed E-state index contributed by atoms with van der Waals surface area (Å²) in [6.45, 7) is 0.933. The van der Waals surface area contributed by atoms with Gasteiger partial charge >= 0.3 is 0 Å². The highest BCUT2D eigenvalue weighted by Crippen LogP contribution is 2.25. The van der Waals surface area contributed by atoms with Crippen molar-refractivity contribution in [2.75, 3.05) is 11.9 Å². The molecule has 3 rings (SSSR count). The first kappa shape index (κ1) is 10.7. The van der Waals surface area contributed by atoms with E-state index < -0.39 is 0 Å². The van der Waals surface area contributed by atoms with Crippen LogP contribution in [0, 0.1) is 0 Å². The molecule has 0 aliphatic carbocycles. The van der Waals surface area contributed by atoms with E-state index in [1.165, 1.54) is 15.0 Å². The Bertz CT molecular complexity index is 599. The molecule has 0 aliphatic rings. The Labute approximate surface area is 108 Å². The van der Waals surface area contributed by atoms with Crippen molar-refractivity contribution in [2.45, 2.75) is 6.42 Å². The fourth-order valence-electron chi connectivity index (χ4n) is 1.79. The Hall–Kier alpha value is -1.39. The fraction of sp³-hybridized carbons (Fsp3) is 0.154. The minimum absolute atomic E-state index is 0.933. The zero-order valence-electron chi connectivity index (χ0n) is 9.22. The van der Waals surface area contributed by atoms with Crippen LogP contribution >= 0.6 is 22.7 Å². The van der Waals surface area contributed by atoms with Gasteiger partial charge in [0.05, 0.1) is 0 Å². The van der Waals surface area contributed by atoms with Crippen LogP contribution in [0.2, 0.25) is 0 Å². The molecule has 0 fully saturated rings. The molecule has 0 spiro atoms. The van der Waals surface area contributed by atoms with E-state index in [1.807, 2.05) is 6.20 Å². The number of rotatable bonds is 4. The summed E-state index contributed by atoms with van der Waals surface area (Å²) >= 11 is 3.56. The minimum Gasteiger partial charge on any atom is -0.369 e. The smallest absolute Gasteiger partial charge is 0.134 e. The summed E-state index contributed by atoms with van der Waals surface area (Å²) < 4.78 is 1.29. The zero-order chi connectivity index (χ0) is 11.5. The lowest BCUT2D eigenvalue weighted by Gasteiger charge is -2.05. The highest BCUT2D eigenvalue weighted by atomic mass is 32.1. The van der Waals surface area contributed by atoms with Gasteiger partial charge in [-0.15, -0.1) is 22.7 Å². The number of aromatic nitrogens is 1. The number of fused-ring (bicyclic) bond motifs is 1. The molecule has 3 aromatic rings. The van der Waals surface area contributed by atoms with Gasteiger partial charge in [0.15, 0.2) is 0 Å². The third-order valence-electron chi connectivity index (χ3n) is 2.62. The van der Waals surface area contributed by atoms with E-state index in [0.717, 1.165) is 18.8 Å². The molecule has 17 heavy (non-hydrogen) atoms. The standard InChI is InChI=1S/C13H12N2S2/c1-2-10(16-8-1)3-6-14-13-11-5-9-17-12(11)4-7-15-13/h1-2,4-5,7-9H,3,6H2,(H,14,15). The molecule has 4 heteroatoms. The predicted octanol–water partition coefficient (Wildman–Crippen LogP) is 4.01. The monoisotopic (exact) mass is 260 g/mol. The van der Waals surface area contributed by atoms with Gasteiger partial charge in [-0.25, -0.2) is 4.98 Å². The predicted molar refractivity (Wildman–Crippen MR) is 76.1 cm³/mol. The molecule has 3 heterocycles. The zero-order valence-corrected chi connectivity index (χ0v) is 10.9. The van der Waals surface area contributed by atoms with Gasteiger partial charge in [-0.2, -0.15) is 0 Å². The number of nitrogens with zero attached hydrogens (tertiary/aromatic N) is 1. The Kier molecular flexibility index (Phi) is 3.07. The van der Waals surface area contributed by atoms with Crippen LogP contribution in [0.5, 0.6) is 0 Å². The normalized spacial score (nSPS) is 10.8. The van der Waals surface area contributed by atoms with Crippen molar-refractivity contribution >= 4 is 38.6 Å². The largest absolute Gasteiger partial charge is 0.369 e. The molecular formula is C13H12N2S2. The average molecular weight is 260 g/mol. The van der Waals surface area contributed by atoms with Gasteiger partial charge in [-0.3, -0.25) is 0 Å². The number of hydrogen-bond acceptors (Lipinski definition) is 4. The van der Waals surface area contributed by atoms with E-state index in [2.05, 4.69) is 45.3 Å². The quantitative estimate of drug-likeness (QED) is 0.766. The summed E-state index contributed by atoms with van der Waals surface area (Å²) in [4.78, 5) is 5.81. The second-order valence-electron chi connectivity index (χ2n) is 3.75. The Balaban J connectivity index is 1.70. The van der Waals surface area contributed by atoms with E-state index >= 15 is 0 Å². The Morgan fingerprint density at radius 3 is 3.00 bits per heavy atom. The second-order valence-corrected chi connectivity index (χ2v) is 5.73. The van der Waals surface area contributed by atoms with Crippen LogP contribution in [0.4, 0.5) is 5.82 Å². The van der Waals surface area contributed by atoms with E-state index in [4.69, 9.17) is 0 Å². The molecule has 86 valence electrons. The molecule has 0 saturated carbocycles. The molecule has 0 saturated heterocycles. The SMILES string of the molecule is c1csc(CCNc2nccc3sccc23)c1. The summed E-state index contributed by atoms with van der Waals surface area (Å²) in [5, 5.41) is 8.87. The first-order valence-corrected chi connectivity index (χ1v) is 7.28. The van der Waals surface area contributed by atoms with Crippen molar-refractivity contribution in [2.24, 2.45) is 0 Å². The molecule has 0 aromatic carbocycles. The van der Waals surface area contributed by atoms with Gasteiger partial charge in [-0.1, -0.05) is 6.07 Å². The number of pyridine rings is 1. The Morgan fingerprint density at radius 1 is 1.12 bits per heavy atom. The van der Waals surface area contributed by atoms with Crippen LogP contribution in [0.3, 0.4) is 0 Å². The highest BCUT2D eigenvalue weighted by molar-refractivity contribution is 7.17. The van der Waals surface area contributed by atoms with Crippen molar-refractivity contribution in [3.63, 3.8) is 0 Å². The lowest BCUT2D eigenvalue weighted by molar-refractivity contribution is 1.03. The topological polar surface area (TPSA) is 24.9 Å². The van der Waals surface area contributed by atoms with Gasteiger partial charge in [0.1, 0.15) is 5.82 Å². The van der Waals surface area contributed by atoms with Crippen LogP contribution in [0.25, 0.3) is 10.1 Å². The fourth-order valence-corrected chi connectivity index (χ4v) is 3.29. The van der Waals surface area contributed by atoms with Crippen LogP contribution in [-0.2, 0) is 6.42 Å². The summed E-state index contributed by atoms with van der Waals surface area (Å²) in [5.74, 6) is 1.00. The van der Waals surface area contributed by atoms with Crippen molar-refractivity contribution in [3.8, 4) is 0 Å². The van der Waals surface area contributed by atoms with Gasteiger partial charge in [0, 0.05) is 27.7 Å². The molecule has 0 bridgehead atoms. The van der Waals surface area contributed by atoms with E-state index in [0.29, 0.717) is 0 Å². The number of anilines is 1. The first-order chi connectivity index (χ1) is 8.43. The van der Waals surface area contributed by atoms with Crippen molar-refractivity contribution in [1.82, 2.24) is 4.98 Å². The minimum atomic E-state index is 0.933. The molecule has 0 amide bonds. The highest BCUT2D eigenvalue weighted by Gasteiger charge is 2.02. The van der Waals surface area contributed by atoms with Gasteiger partial charge in [-0.05, 0) is 35.4 Å². The van der Waals surface area contributed by atoms with Crippen molar-refractivity contribution < 1.29 is 0 Å². The maximum absolute atomic E-state index is 4.40. The number of hydrogen-bond donors (Lipinski definition) is 1. The van der Waals surface area contributed by atoms with Crippen molar-refractivity contribution in [1.29, 1.82) is 0 Å². The average Bonchev–Trinajstić information content (AvgIpc) is 2.99. The van der Waals surface area contributed by atoms with E-state index in [-0.39, 0.29) is 0 Å². The summed E-state index contributed by atoms with van der Waals surface area (Å²) in [6.07, 6.45) is 2.92. The summed E-state index contributed by atoms with van der Waals surface area (Å²) in [5.41, 5.74) is 0. The molecule has 0 radical (unpaired) electrons. The maximum Gasteiger partial charge on any atom is 0.134 e.